The van der Waals surface area contributed by atoms with E-state index in [4.69, 9.17) is 15.0 Å². The topological polar surface area (TPSA) is 51.6 Å². The minimum Gasteiger partial charge on any atom is -0.264 e. The highest BCUT2D eigenvalue weighted by molar-refractivity contribution is 5.90. The molecule has 2 aromatic heterocycles. The molecule has 214 valence electrons. The molecular weight excluding hydrogens is 536 g/mol. The zero-order valence-electron chi connectivity index (χ0n) is 25.5. The van der Waals surface area contributed by atoms with Crippen LogP contribution in [-0.4, -0.2) is 19.9 Å². The van der Waals surface area contributed by atoms with E-state index in [0.29, 0.717) is 29.3 Å². The lowest BCUT2D eigenvalue weighted by Crippen LogP contribution is -2.37. The summed E-state index contributed by atoms with van der Waals surface area (Å²) in [6.07, 6.45) is 4.88. The molecule has 0 bridgehead atoms. The Labute approximate surface area is 259 Å². The molecule has 0 saturated heterocycles. The molecule has 0 atom stereocenters. The van der Waals surface area contributed by atoms with Crippen LogP contribution >= 0.6 is 0 Å². The van der Waals surface area contributed by atoms with E-state index in [0.717, 1.165) is 23.1 Å². The second-order valence-electron chi connectivity index (χ2n) is 12.7. The number of benzene rings is 4. The van der Waals surface area contributed by atoms with E-state index in [2.05, 4.69) is 99.5 Å². The van der Waals surface area contributed by atoms with Crippen molar-refractivity contribution in [2.24, 2.45) is 11.8 Å². The van der Waals surface area contributed by atoms with Gasteiger partial charge in [0.2, 0.25) is 0 Å². The molecule has 0 fully saturated rings. The highest BCUT2D eigenvalue weighted by atomic mass is 15.0. The van der Waals surface area contributed by atoms with Gasteiger partial charge in [0.25, 0.3) is 0 Å². The number of hydrogen-bond donors (Lipinski definition) is 0. The molecule has 4 nitrogen and oxygen atoms in total. The number of aromatic nitrogens is 4. The second-order valence-corrected chi connectivity index (χ2v) is 12.7. The fourth-order valence-electron chi connectivity index (χ4n) is 7.99. The van der Waals surface area contributed by atoms with Crippen molar-refractivity contribution in [3.05, 3.63) is 132 Å². The van der Waals surface area contributed by atoms with Gasteiger partial charge in [0.05, 0.1) is 0 Å². The molecule has 44 heavy (non-hydrogen) atoms. The molecule has 6 aromatic rings. The Balaban J connectivity index is 1.31. The Kier molecular flexibility index (Phi) is 6.09. The minimum absolute atomic E-state index is 0.0520. The SMILES string of the molecule is CC(C)C1(C(C)C)c2ccncc2-c2cc3c(cc21)Cc1c(-c2nc(-c4ccccc4)nc(-c4ccccc4)n2)cccc1-3. The lowest BCUT2D eigenvalue weighted by atomic mass is 9.63. The summed E-state index contributed by atoms with van der Waals surface area (Å²) in [4.78, 5) is 19.6. The molecule has 0 aliphatic heterocycles. The first kappa shape index (κ1) is 26.7. The van der Waals surface area contributed by atoms with Crippen molar-refractivity contribution >= 4 is 0 Å². The predicted octanol–water partition coefficient (Wildman–Crippen LogP) is 9.42. The van der Waals surface area contributed by atoms with Crippen molar-refractivity contribution in [1.82, 2.24) is 19.9 Å². The third kappa shape index (κ3) is 3.83. The maximum absolute atomic E-state index is 5.07. The Hall–Kier alpha value is -4.96. The van der Waals surface area contributed by atoms with E-state index < -0.39 is 0 Å². The monoisotopic (exact) mass is 570 g/mol. The van der Waals surface area contributed by atoms with Crippen LogP contribution in [0.2, 0.25) is 0 Å². The van der Waals surface area contributed by atoms with Crippen molar-refractivity contribution in [3.63, 3.8) is 0 Å². The normalized spacial score (nSPS) is 14.0. The summed E-state index contributed by atoms with van der Waals surface area (Å²) < 4.78 is 0. The van der Waals surface area contributed by atoms with Crippen LogP contribution in [0.3, 0.4) is 0 Å². The summed E-state index contributed by atoms with van der Waals surface area (Å²) in [6, 6.07) is 34.1. The van der Waals surface area contributed by atoms with Gasteiger partial charge in [-0.3, -0.25) is 4.98 Å². The van der Waals surface area contributed by atoms with Gasteiger partial charge in [-0.2, -0.15) is 0 Å². The molecule has 0 radical (unpaired) electrons. The van der Waals surface area contributed by atoms with Crippen molar-refractivity contribution in [3.8, 4) is 56.4 Å². The summed E-state index contributed by atoms with van der Waals surface area (Å²) in [6.45, 7) is 9.48. The first-order valence-corrected chi connectivity index (χ1v) is 15.6. The Morgan fingerprint density at radius 2 is 1.16 bits per heavy atom. The van der Waals surface area contributed by atoms with Crippen LogP contribution in [0, 0.1) is 11.8 Å². The van der Waals surface area contributed by atoms with Gasteiger partial charge in [0.15, 0.2) is 17.5 Å². The van der Waals surface area contributed by atoms with Gasteiger partial charge in [-0.05, 0) is 69.3 Å². The van der Waals surface area contributed by atoms with Crippen molar-refractivity contribution in [2.45, 2.75) is 39.5 Å². The Bertz CT molecular complexity index is 1980. The van der Waals surface area contributed by atoms with Crippen molar-refractivity contribution in [2.75, 3.05) is 0 Å². The van der Waals surface area contributed by atoms with Crippen LogP contribution in [0.15, 0.2) is 109 Å². The molecule has 0 N–H and O–H groups in total. The smallest absolute Gasteiger partial charge is 0.164 e. The maximum atomic E-state index is 5.07. The molecule has 4 aromatic carbocycles. The standard InChI is InChI=1S/C40H34N4/c1-24(2)40(25(3)4)35-18-19-41-23-34(35)33-22-31-28(21-36(33)40)20-32-29(31)16-11-17-30(32)39-43-37(26-12-7-5-8-13-26)42-38(44-39)27-14-9-6-10-15-27/h5-19,21-25H,20H2,1-4H3. The van der Waals surface area contributed by atoms with E-state index >= 15 is 0 Å². The molecule has 2 aliphatic carbocycles. The van der Waals surface area contributed by atoms with Crippen molar-refractivity contribution < 1.29 is 0 Å². The highest BCUT2D eigenvalue weighted by Gasteiger charge is 2.48. The second kappa shape index (κ2) is 10.1. The number of nitrogens with zero attached hydrogens (tertiary/aromatic N) is 4. The molecule has 2 aliphatic rings. The summed E-state index contributed by atoms with van der Waals surface area (Å²) in [5.41, 5.74) is 13.6. The number of pyridine rings is 1. The summed E-state index contributed by atoms with van der Waals surface area (Å²) in [5, 5.41) is 0. The Morgan fingerprint density at radius 1 is 0.545 bits per heavy atom. The predicted molar refractivity (Wildman–Crippen MR) is 178 cm³/mol. The third-order valence-electron chi connectivity index (χ3n) is 9.84. The molecule has 8 rings (SSSR count). The first-order valence-electron chi connectivity index (χ1n) is 15.6. The van der Waals surface area contributed by atoms with E-state index in [9.17, 15) is 0 Å². The molecule has 4 heteroatoms. The van der Waals surface area contributed by atoms with E-state index in [1.807, 2.05) is 42.6 Å². The average molecular weight is 571 g/mol. The molecule has 0 spiro atoms. The summed E-state index contributed by atoms with van der Waals surface area (Å²) in [5.74, 6) is 2.97. The summed E-state index contributed by atoms with van der Waals surface area (Å²) in [7, 11) is 0. The lowest BCUT2D eigenvalue weighted by molar-refractivity contribution is 0.280. The molecule has 0 amide bonds. The summed E-state index contributed by atoms with van der Waals surface area (Å²) >= 11 is 0. The lowest BCUT2D eigenvalue weighted by Gasteiger charge is -2.40. The van der Waals surface area contributed by atoms with Gasteiger partial charge in [-0.1, -0.05) is 113 Å². The molecule has 0 unspecified atom stereocenters. The molecule has 2 heterocycles. The molecule has 0 saturated carbocycles. The number of hydrogen-bond acceptors (Lipinski definition) is 4. The largest absolute Gasteiger partial charge is 0.264 e. The zero-order chi connectivity index (χ0) is 30.0. The first-order chi connectivity index (χ1) is 21.5. The van der Waals surface area contributed by atoms with Gasteiger partial charge in [0.1, 0.15) is 0 Å². The van der Waals surface area contributed by atoms with Crippen LogP contribution in [0.1, 0.15) is 49.9 Å². The maximum Gasteiger partial charge on any atom is 0.164 e. The number of fused-ring (bicyclic) bond motifs is 6. The average Bonchev–Trinajstić information content (AvgIpc) is 3.57. The quantitative estimate of drug-likeness (QED) is 0.207. The number of rotatable bonds is 5. The fourth-order valence-corrected chi connectivity index (χ4v) is 7.99. The fraction of sp³-hybridized carbons (Fsp3) is 0.200. The zero-order valence-corrected chi connectivity index (χ0v) is 25.5. The Morgan fingerprint density at radius 3 is 1.80 bits per heavy atom. The van der Waals surface area contributed by atoms with Crippen LogP contribution in [0.4, 0.5) is 0 Å². The van der Waals surface area contributed by atoms with Crippen LogP contribution in [0.5, 0.6) is 0 Å². The van der Waals surface area contributed by atoms with Gasteiger partial charge < -0.3 is 0 Å². The van der Waals surface area contributed by atoms with Gasteiger partial charge in [-0.15, -0.1) is 0 Å². The molecular formula is C40H34N4. The van der Waals surface area contributed by atoms with Crippen LogP contribution in [0.25, 0.3) is 56.4 Å². The van der Waals surface area contributed by atoms with Crippen LogP contribution < -0.4 is 0 Å². The van der Waals surface area contributed by atoms with E-state index in [1.165, 1.54) is 44.5 Å². The van der Waals surface area contributed by atoms with E-state index in [-0.39, 0.29) is 5.41 Å². The third-order valence-corrected chi connectivity index (χ3v) is 9.84. The van der Waals surface area contributed by atoms with Gasteiger partial charge in [0, 0.05) is 40.1 Å². The van der Waals surface area contributed by atoms with Crippen LogP contribution in [-0.2, 0) is 11.8 Å². The highest BCUT2D eigenvalue weighted by Crippen LogP contribution is 2.58. The van der Waals surface area contributed by atoms with Gasteiger partial charge >= 0.3 is 0 Å². The van der Waals surface area contributed by atoms with Gasteiger partial charge in [-0.25, -0.2) is 15.0 Å². The minimum atomic E-state index is -0.0520. The van der Waals surface area contributed by atoms with Crippen molar-refractivity contribution in [1.29, 1.82) is 0 Å². The van der Waals surface area contributed by atoms with E-state index in [1.54, 1.807) is 0 Å².